The number of carbonyl (C=O) groups is 2. The van der Waals surface area contributed by atoms with Crippen LogP contribution in [0.15, 0.2) is 53.6 Å². The lowest BCUT2D eigenvalue weighted by molar-refractivity contribution is 0.0691. The van der Waals surface area contributed by atoms with Crippen LogP contribution < -0.4 is 5.32 Å². The molecule has 0 atom stereocenters. The lowest BCUT2D eigenvalue weighted by Gasteiger charge is -2.11. The van der Waals surface area contributed by atoms with Crippen LogP contribution in [0.1, 0.15) is 26.4 Å². The van der Waals surface area contributed by atoms with E-state index in [1.54, 1.807) is 18.2 Å². The number of hydrogen-bond acceptors (Lipinski definition) is 4. The van der Waals surface area contributed by atoms with Gasteiger partial charge in [-0.1, -0.05) is 30.3 Å². The molecule has 0 spiro atoms. The fraction of sp³-hybridized carbons (Fsp3) is 0.105. The van der Waals surface area contributed by atoms with E-state index in [2.05, 4.69) is 10.3 Å². The number of amides is 1. The number of carbonyl (C=O) groups excluding carboxylic acids is 1. The maximum Gasteiger partial charge on any atom is 0.356 e. The largest absolute Gasteiger partial charge is 0.476 e. The van der Waals surface area contributed by atoms with Crippen LogP contribution in [0.2, 0.25) is 0 Å². The van der Waals surface area contributed by atoms with Gasteiger partial charge in [0.15, 0.2) is 5.69 Å². The number of nitrogens with zero attached hydrogens (tertiary/aromatic N) is 1. The highest BCUT2D eigenvalue weighted by Crippen LogP contribution is 2.25. The Kier molecular flexibility index (Phi) is 4.72. The van der Waals surface area contributed by atoms with E-state index in [1.807, 2.05) is 43.5 Å². The third-order valence-corrected chi connectivity index (χ3v) is 4.56. The smallest absolute Gasteiger partial charge is 0.356 e. The van der Waals surface area contributed by atoms with E-state index in [0.717, 1.165) is 16.3 Å². The number of carboxylic acids is 1. The lowest BCUT2D eigenvalue weighted by Crippen LogP contribution is -2.16. The number of thioether (sulfide) groups is 1. The predicted octanol–water partition coefficient (Wildman–Crippen LogP) is 4.22. The maximum atomic E-state index is 12.7. The van der Waals surface area contributed by atoms with Gasteiger partial charge in [-0.3, -0.25) is 4.79 Å². The van der Waals surface area contributed by atoms with Gasteiger partial charge in [-0.15, -0.1) is 11.8 Å². The average Bonchev–Trinajstić information content (AvgIpc) is 2.62. The lowest BCUT2D eigenvalue weighted by atomic mass is 10.00. The molecule has 3 rings (SSSR count). The molecule has 2 aromatic carbocycles. The van der Waals surface area contributed by atoms with Gasteiger partial charge in [0.25, 0.3) is 5.91 Å². The standard InChI is InChI=1S/C19H16N2O3S/c1-11-7-8-14(13-6-4-3-5-12(11)13)18(22)20-15-9-10-16(25-2)21-17(15)19(23)24/h3-10H,1-2H3,(H,20,22)(H,23,24). The molecule has 0 saturated carbocycles. The first-order chi connectivity index (χ1) is 12.0. The molecule has 3 aromatic rings. The van der Waals surface area contributed by atoms with Crippen molar-refractivity contribution in [2.45, 2.75) is 11.9 Å². The zero-order chi connectivity index (χ0) is 18.0. The highest BCUT2D eigenvalue weighted by molar-refractivity contribution is 7.98. The summed E-state index contributed by atoms with van der Waals surface area (Å²) in [5, 5.41) is 14.4. The minimum atomic E-state index is -1.18. The molecule has 6 heteroatoms. The number of hydrogen-bond donors (Lipinski definition) is 2. The summed E-state index contributed by atoms with van der Waals surface area (Å²) in [6.07, 6.45) is 1.81. The molecule has 0 radical (unpaired) electrons. The molecular formula is C19H16N2O3S. The summed E-state index contributed by atoms with van der Waals surface area (Å²) in [5.41, 5.74) is 1.58. The molecule has 0 saturated heterocycles. The average molecular weight is 352 g/mol. The second-order valence-electron chi connectivity index (χ2n) is 5.48. The molecule has 0 aliphatic carbocycles. The highest BCUT2D eigenvalue weighted by Gasteiger charge is 2.17. The third kappa shape index (κ3) is 3.34. The molecule has 5 nitrogen and oxygen atoms in total. The van der Waals surface area contributed by atoms with E-state index >= 15 is 0 Å². The minimum absolute atomic E-state index is 0.170. The van der Waals surface area contributed by atoms with Crippen LogP contribution in [0.5, 0.6) is 0 Å². The van der Waals surface area contributed by atoms with Gasteiger partial charge in [0.1, 0.15) is 0 Å². The van der Waals surface area contributed by atoms with Gasteiger partial charge in [-0.2, -0.15) is 0 Å². The Morgan fingerprint density at radius 2 is 1.76 bits per heavy atom. The first-order valence-electron chi connectivity index (χ1n) is 7.59. The molecule has 2 N–H and O–H groups in total. The Labute approximate surface area is 149 Å². The van der Waals surface area contributed by atoms with Crippen molar-refractivity contribution in [2.75, 3.05) is 11.6 Å². The van der Waals surface area contributed by atoms with Crippen LogP contribution in [0.25, 0.3) is 10.8 Å². The molecule has 0 unspecified atom stereocenters. The van der Waals surface area contributed by atoms with E-state index in [-0.39, 0.29) is 17.3 Å². The summed E-state index contributed by atoms with van der Waals surface area (Å²) in [4.78, 5) is 28.2. The van der Waals surface area contributed by atoms with Gasteiger partial charge in [0, 0.05) is 5.56 Å². The maximum absolute atomic E-state index is 12.7. The van der Waals surface area contributed by atoms with Crippen LogP contribution >= 0.6 is 11.8 Å². The fourth-order valence-electron chi connectivity index (χ4n) is 2.66. The number of pyridine rings is 1. The van der Waals surface area contributed by atoms with Crippen molar-refractivity contribution in [3.8, 4) is 0 Å². The van der Waals surface area contributed by atoms with Gasteiger partial charge in [0.05, 0.1) is 10.7 Å². The van der Waals surface area contributed by atoms with Crippen LogP contribution in [0.4, 0.5) is 5.69 Å². The zero-order valence-corrected chi connectivity index (χ0v) is 14.6. The summed E-state index contributed by atoms with van der Waals surface area (Å²) in [7, 11) is 0. The van der Waals surface area contributed by atoms with Crippen LogP contribution in [-0.2, 0) is 0 Å². The van der Waals surface area contributed by atoms with Crippen molar-refractivity contribution in [2.24, 2.45) is 0 Å². The number of anilines is 1. The molecule has 1 amide bonds. The van der Waals surface area contributed by atoms with E-state index in [0.29, 0.717) is 10.6 Å². The Hall–Kier alpha value is -2.86. The fourth-order valence-corrected chi connectivity index (χ4v) is 3.04. The van der Waals surface area contributed by atoms with Crippen LogP contribution in [-0.4, -0.2) is 28.2 Å². The molecule has 25 heavy (non-hydrogen) atoms. The second kappa shape index (κ2) is 6.94. The van der Waals surface area contributed by atoms with Crippen molar-refractivity contribution in [3.63, 3.8) is 0 Å². The predicted molar refractivity (Wildman–Crippen MR) is 99.6 cm³/mol. The Morgan fingerprint density at radius 1 is 1.04 bits per heavy atom. The monoisotopic (exact) mass is 352 g/mol. The summed E-state index contributed by atoms with van der Waals surface area (Å²) in [6.45, 7) is 1.98. The number of carboxylic acid groups (broad SMARTS) is 1. The number of aryl methyl sites for hydroxylation is 1. The Morgan fingerprint density at radius 3 is 2.44 bits per heavy atom. The van der Waals surface area contributed by atoms with Gasteiger partial charge >= 0.3 is 5.97 Å². The van der Waals surface area contributed by atoms with Crippen molar-refractivity contribution in [3.05, 3.63) is 65.4 Å². The van der Waals surface area contributed by atoms with Crippen LogP contribution in [0, 0.1) is 6.92 Å². The van der Waals surface area contributed by atoms with Gasteiger partial charge in [-0.25, -0.2) is 9.78 Å². The van der Waals surface area contributed by atoms with Crippen molar-refractivity contribution < 1.29 is 14.7 Å². The molecule has 126 valence electrons. The number of aromatic nitrogens is 1. The van der Waals surface area contributed by atoms with Crippen molar-refractivity contribution in [1.29, 1.82) is 0 Å². The van der Waals surface area contributed by atoms with E-state index in [4.69, 9.17) is 0 Å². The molecule has 0 aliphatic rings. The normalized spacial score (nSPS) is 10.6. The summed E-state index contributed by atoms with van der Waals surface area (Å²) in [6, 6.07) is 14.5. The SMILES string of the molecule is CSc1ccc(NC(=O)c2ccc(C)c3ccccc23)c(C(=O)O)n1. The Bertz CT molecular complexity index is 986. The van der Waals surface area contributed by atoms with Gasteiger partial charge < -0.3 is 10.4 Å². The van der Waals surface area contributed by atoms with Crippen molar-refractivity contribution in [1.82, 2.24) is 4.98 Å². The van der Waals surface area contributed by atoms with Crippen molar-refractivity contribution >= 4 is 40.1 Å². The highest BCUT2D eigenvalue weighted by atomic mass is 32.2. The van der Waals surface area contributed by atoms with E-state index < -0.39 is 5.97 Å². The quantitative estimate of drug-likeness (QED) is 0.688. The summed E-state index contributed by atoms with van der Waals surface area (Å²) < 4.78 is 0. The number of rotatable bonds is 4. The minimum Gasteiger partial charge on any atom is -0.476 e. The summed E-state index contributed by atoms with van der Waals surface area (Å²) >= 11 is 1.34. The van der Waals surface area contributed by atoms with Gasteiger partial charge in [0.2, 0.25) is 0 Å². The second-order valence-corrected chi connectivity index (χ2v) is 6.31. The first kappa shape index (κ1) is 17.0. The number of fused-ring (bicyclic) bond motifs is 1. The van der Waals surface area contributed by atoms with Gasteiger partial charge in [-0.05, 0) is 47.7 Å². The number of aromatic carboxylic acids is 1. The molecule has 0 bridgehead atoms. The van der Waals surface area contributed by atoms with E-state index in [1.165, 1.54) is 11.8 Å². The van der Waals surface area contributed by atoms with E-state index in [9.17, 15) is 14.7 Å². The number of nitrogens with one attached hydrogen (secondary N) is 1. The topological polar surface area (TPSA) is 79.3 Å². The molecule has 0 fully saturated rings. The molecular weight excluding hydrogens is 336 g/mol. The van der Waals surface area contributed by atoms with Crippen LogP contribution in [0.3, 0.4) is 0 Å². The number of benzene rings is 2. The Balaban J connectivity index is 2.02. The zero-order valence-electron chi connectivity index (χ0n) is 13.7. The molecule has 1 heterocycles. The molecule has 0 aliphatic heterocycles. The first-order valence-corrected chi connectivity index (χ1v) is 8.81. The molecule has 1 aromatic heterocycles. The third-order valence-electron chi connectivity index (χ3n) is 3.92. The summed E-state index contributed by atoms with van der Waals surface area (Å²) in [5.74, 6) is -1.54.